The van der Waals surface area contributed by atoms with Crippen molar-refractivity contribution in [1.82, 2.24) is 4.90 Å². The second kappa shape index (κ2) is 4.09. The molecular formula is C15H21NO3. The summed E-state index contributed by atoms with van der Waals surface area (Å²) in [4.78, 5) is 26.4. The molecule has 19 heavy (non-hydrogen) atoms. The molecule has 4 bridgehead atoms. The highest BCUT2D eigenvalue weighted by Crippen LogP contribution is 2.45. The van der Waals surface area contributed by atoms with E-state index >= 15 is 0 Å². The van der Waals surface area contributed by atoms with E-state index in [1.54, 1.807) is 4.90 Å². The molecule has 1 saturated carbocycles. The molecule has 1 aliphatic heterocycles. The zero-order chi connectivity index (χ0) is 13.8. The largest absolute Gasteiger partial charge is 0.444 e. The van der Waals surface area contributed by atoms with Crippen LogP contribution in [0, 0.1) is 17.8 Å². The molecular weight excluding hydrogens is 242 g/mol. The number of carbonyl (C=O) groups is 2. The Hall–Kier alpha value is -1.32. The van der Waals surface area contributed by atoms with Crippen molar-refractivity contribution < 1.29 is 14.3 Å². The second-order valence-corrected chi connectivity index (χ2v) is 6.86. The Labute approximate surface area is 113 Å². The number of carbonyl (C=O) groups excluding carboxylic acids is 2. The second-order valence-electron chi connectivity index (χ2n) is 6.86. The SMILES string of the molecule is CC(C)(C)OC(=O)N1CC[C@H]2C(=O)[C@@H]1[C@H]1C=C[C@H]2C1. The fourth-order valence-corrected chi connectivity index (χ4v) is 3.61. The van der Waals surface area contributed by atoms with Gasteiger partial charge in [0.05, 0.1) is 0 Å². The number of ether oxygens (including phenoxy) is 1. The Kier molecular flexibility index (Phi) is 2.73. The molecule has 0 N–H and O–H groups in total. The lowest BCUT2D eigenvalue weighted by Gasteiger charge is -2.45. The quantitative estimate of drug-likeness (QED) is 0.630. The molecule has 4 heteroatoms. The van der Waals surface area contributed by atoms with Crippen molar-refractivity contribution in [3.05, 3.63) is 12.2 Å². The summed E-state index contributed by atoms with van der Waals surface area (Å²) in [6.07, 6.45) is 5.74. The fraction of sp³-hybridized carbons (Fsp3) is 0.733. The van der Waals surface area contributed by atoms with Crippen LogP contribution in [0.3, 0.4) is 0 Å². The number of allylic oxidation sites excluding steroid dienone is 1. The molecule has 0 radical (unpaired) electrons. The number of Topliss-reactive ketones (excluding diaryl/α,β-unsaturated/α-hetero) is 1. The highest BCUT2D eigenvalue weighted by Gasteiger charge is 2.51. The molecule has 1 saturated heterocycles. The van der Waals surface area contributed by atoms with Gasteiger partial charge < -0.3 is 4.74 Å². The molecule has 4 atom stereocenters. The van der Waals surface area contributed by atoms with E-state index in [1.165, 1.54) is 0 Å². The maximum absolute atomic E-state index is 12.5. The smallest absolute Gasteiger partial charge is 0.410 e. The van der Waals surface area contributed by atoms with Gasteiger partial charge in [-0.3, -0.25) is 9.69 Å². The fourth-order valence-electron chi connectivity index (χ4n) is 3.61. The van der Waals surface area contributed by atoms with Crippen LogP contribution in [0.2, 0.25) is 0 Å². The first-order valence-electron chi connectivity index (χ1n) is 7.08. The van der Waals surface area contributed by atoms with E-state index in [4.69, 9.17) is 4.74 Å². The molecule has 0 unspecified atom stereocenters. The molecule has 0 spiro atoms. The van der Waals surface area contributed by atoms with Crippen molar-refractivity contribution in [2.45, 2.75) is 45.3 Å². The maximum Gasteiger partial charge on any atom is 0.410 e. The van der Waals surface area contributed by atoms with Crippen molar-refractivity contribution in [3.8, 4) is 0 Å². The third kappa shape index (κ3) is 2.07. The lowest BCUT2D eigenvalue weighted by atomic mass is 9.70. The van der Waals surface area contributed by atoms with Gasteiger partial charge in [0.2, 0.25) is 0 Å². The molecule has 1 amide bonds. The minimum Gasteiger partial charge on any atom is -0.444 e. The Morgan fingerprint density at radius 2 is 2.00 bits per heavy atom. The van der Waals surface area contributed by atoms with Crippen molar-refractivity contribution in [2.75, 3.05) is 6.54 Å². The molecule has 4 nitrogen and oxygen atoms in total. The Bertz CT molecular complexity index is 449. The topological polar surface area (TPSA) is 46.6 Å². The molecule has 1 heterocycles. The molecule has 104 valence electrons. The number of hydrogen-bond donors (Lipinski definition) is 0. The van der Waals surface area contributed by atoms with Crippen molar-refractivity contribution in [3.63, 3.8) is 0 Å². The Morgan fingerprint density at radius 1 is 1.32 bits per heavy atom. The minimum absolute atomic E-state index is 0.124. The number of hydrogen-bond acceptors (Lipinski definition) is 3. The van der Waals surface area contributed by atoms with Crippen LogP contribution in [-0.2, 0) is 9.53 Å². The average Bonchev–Trinajstić information content (AvgIpc) is 2.70. The lowest BCUT2D eigenvalue weighted by Crippen LogP contribution is -2.59. The van der Waals surface area contributed by atoms with E-state index in [0.717, 1.165) is 12.8 Å². The molecule has 3 aliphatic rings. The summed E-state index contributed by atoms with van der Waals surface area (Å²) in [6.45, 7) is 6.20. The molecule has 0 aromatic heterocycles. The summed E-state index contributed by atoms with van der Waals surface area (Å²) >= 11 is 0. The summed E-state index contributed by atoms with van der Waals surface area (Å²) in [5.74, 6) is 0.971. The molecule has 2 fully saturated rings. The van der Waals surface area contributed by atoms with E-state index in [-0.39, 0.29) is 29.8 Å². The van der Waals surface area contributed by atoms with E-state index in [2.05, 4.69) is 12.2 Å². The monoisotopic (exact) mass is 263 g/mol. The van der Waals surface area contributed by atoms with Crippen molar-refractivity contribution in [1.29, 1.82) is 0 Å². The van der Waals surface area contributed by atoms with Crippen LogP contribution in [-0.4, -0.2) is 35.0 Å². The van der Waals surface area contributed by atoms with Gasteiger partial charge in [0, 0.05) is 18.4 Å². The number of rotatable bonds is 0. The number of amides is 1. The number of likely N-dealkylation sites (tertiary alicyclic amines) is 1. The highest BCUT2D eigenvalue weighted by molar-refractivity contribution is 5.92. The van der Waals surface area contributed by atoms with E-state index in [0.29, 0.717) is 12.5 Å². The first-order valence-corrected chi connectivity index (χ1v) is 7.08. The van der Waals surface area contributed by atoms with Gasteiger partial charge in [0.25, 0.3) is 0 Å². The summed E-state index contributed by atoms with van der Waals surface area (Å²) in [5.41, 5.74) is -0.514. The third-order valence-electron chi connectivity index (χ3n) is 4.37. The summed E-state index contributed by atoms with van der Waals surface area (Å²) in [7, 11) is 0. The number of nitrogens with zero attached hydrogens (tertiary/aromatic N) is 1. The molecule has 0 aromatic rings. The number of ketones is 1. The number of piperidine rings is 1. The van der Waals surface area contributed by atoms with Gasteiger partial charge in [-0.1, -0.05) is 12.2 Å². The summed E-state index contributed by atoms with van der Waals surface area (Å²) in [6, 6.07) is -0.288. The Balaban J connectivity index is 1.82. The molecule has 3 rings (SSSR count). The highest BCUT2D eigenvalue weighted by atomic mass is 16.6. The zero-order valence-corrected chi connectivity index (χ0v) is 11.8. The molecule has 0 aromatic carbocycles. The van der Waals surface area contributed by atoms with Crippen molar-refractivity contribution in [2.24, 2.45) is 17.8 Å². The van der Waals surface area contributed by atoms with Gasteiger partial charge in [-0.25, -0.2) is 4.79 Å². The van der Waals surface area contributed by atoms with Crippen molar-refractivity contribution >= 4 is 11.9 Å². The minimum atomic E-state index is -0.514. The number of fused-ring (bicyclic) bond motifs is 6. The van der Waals surface area contributed by atoms with Crippen LogP contribution in [0.15, 0.2) is 12.2 Å². The zero-order valence-electron chi connectivity index (χ0n) is 11.8. The van der Waals surface area contributed by atoms with Gasteiger partial charge in [-0.15, -0.1) is 0 Å². The van der Waals surface area contributed by atoms with Gasteiger partial charge in [0.1, 0.15) is 11.6 Å². The van der Waals surface area contributed by atoms with Gasteiger partial charge in [-0.2, -0.15) is 0 Å². The standard InChI is InChI=1S/C15H21NO3/c1-15(2,3)19-14(18)16-7-6-11-9-4-5-10(8-9)12(16)13(11)17/h4-5,9-12H,6-8H2,1-3H3/t9-,10-,11+,12-/m0/s1. The van der Waals surface area contributed by atoms with Crippen LogP contribution in [0.25, 0.3) is 0 Å². The lowest BCUT2D eigenvalue weighted by molar-refractivity contribution is -0.138. The van der Waals surface area contributed by atoms with E-state index in [9.17, 15) is 9.59 Å². The van der Waals surface area contributed by atoms with Crippen LogP contribution in [0.5, 0.6) is 0 Å². The van der Waals surface area contributed by atoms with Crippen LogP contribution in [0.1, 0.15) is 33.6 Å². The van der Waals surface area contributed by atoms with E-state index < -0.39 is 5.60 Å². The maximum atomic E-state index is 12.5. The van der Waals surface area contributed by atoms with Crippen LogP contribution in [0.4, 0.5) is 4.79 Å². The summed E-state index contributed by atoms with van der Waals surface area (Å²) < 4.78 is 5.43. The predicted molar refractivity (Wildman–Crippen MR) is 70.6 cm³/mol. The predicted octanol–water partition coefficient (Wildman–Crippen LogP) is 2.39. The molecule has 2 aliphatic carbocycles. The first-order chi connectivity index (χ1) is 8.87. The van der Waals surface area contributed by atoms with Crippen LogP contribution >= 0.6 is 0 Å². The average molecular weight is 263 g/mol. The van der Waals surface area contributed by atoms with Gasteiger partial charge in [0.15, 0.2) is 5.78 Å². The van der Waals surface area contributed by atoms with Gasteiger partial charge in [-0.05, 0) is 39.5 Å². The summed E-state index contributed by atoms with van der Waals surface area (Å²) in [5, 5.41) is 0. The normalized spacial score (nSPS) is 36.6. The first kappa shape index (κ1) is 12.7. The van der Waals surface area contributed by atoms with Gasteiger partial charge >= 0.3 is 6.09 Å². The van der Waals surface area contributed by atoms with Crippen LogP contribution < -0.4 is 0 Å². The van der Waals surface area contributed by atoms with E-state index in [1.807, 2.05) is 20.8 Å². The Morgan fingerprint density at radius 3 is 2.68 bits per heavy atom. The third-order valence-corrected chi connectivity index (χ3v) is 4.37.